The van der Waals surface area contributed by atoms with Gasteiger partial charge in [0.25, 0.3) is 5.69 Å². The molecule has 1 aromatic rings. The number of hydrogen-bond donors (Lipinski definition) is 2. The Morgan fingerprint density at radius 1 is 1.35 bits per heavy atom. The lowest BCUT2D eigenvalue weighted by Gasteiger charge is -2.23. The number of hydrogen-bond acceptors (Lipinski definition) is 5. The summed E-state index contributed by atoms with van der Waals surface area (Å²) in [5.41, 5.74) is 0.0772. The van der Waals surface area contributed by atoms with E-state index in [0.29, 0.717) is 38.9 Å². The second kappa shape index (κ2) is 7.31. The molecule has 0 aromatic heterocycles. The van der Waals surface area contributed by atoms with Gasteiger partial charge < -0.3 is 15.3 Å². The smallest absolute Gasteiger partial charge is 0.311 e. The van der Waals surface area contributed by atoms with Crippen molar-refractivity contribution in [2.75, 3.05) is 25.0 Å². The lowest BCUT2D eigenvalue weighted by molar-refractivity contribution is -0.384. The Balaban J connectivity index is 1.43. The normalized spacial score (nSPS) is 24.3. The number of aliphatic carboxylic acids is 1. The number of benzene rings is 1. The molecule has 1 aliphatic heterocycles. The molecule has 26 heavy (non-hydrogen) atoms. The van der Waals surface area contributed by atoms with E-state index >= 15 is 0 Å². The Labute approximate surface area is 151 Å². The van der Waals surface area contributed by atoms with Crippen LogP contribution < -0.4 is 5.32 Å². The molecule has 1 aliphatic carbocycles. The van der Waals surface area contributed by atoms with Crippen molar-refractivity contribution in [3.8, 4) is 0 Å². The fraction of sp³-hybridized carbons (Fsp3) is 0.556. The fourth-order valence-corrected chi connectivity index (χ4v) is 4.16. The number of likely N-dealkylation sites (tertiary alicyclic amines) is 1. The summed E-state index contributed by atoms with van der Waals surface area (Å²) in [6, 6.07) is 6.14. The lowest BCUT2D eigenvalue weighted by atomic mass is 9.81. The van der Waals surface area contributed by atoms with Crippen LogP contribution in [0.5, 0.6) is 0 Å². The number of nitro benzene ring substituents is 1. The fourth-order valence-electron chi connectivity index (χ4n) is 4.16. The van der Waals surface area contributed by atoms with Gasteiger partial charge in [-0.2, -0.15) is 0 Å². The number of nitrogens with zero attached hydrogens (tertiary/aromatic N) is 2. The maximum Gasteiger partial charge on any atom is 0.311 e. The Hall–Kier alpha value is -2.64. The standard InChI is InChI=1S/C18H23N3O5/c22-16(20-11-13-3-1-9-18(13,12-20)17(23)24)4-2-10-19-14-5-7-15(8-6-14)21(25)26/h5-8,13,19H,1-4,9-12H2,(H,23,24)/t13-,18+/m0/s1. The van der Waals surface area contributed by atoms with E-state index in [1.807, 2.05) is 0 Å². The molecule has 2 N–H and O–H groups in total. The minimum Gasteiger partial charge on any atom is -0.481 e. The van der Waals surface area contributed by atoms with E-state index in [1.54, 1.807) is 17.0 Å². The number of carbonyl (C=O) groups excluding carboxylic acids is 1. The van der Waals surface area contributed by atoms with Crippen LogP contribution in [0.25, 0.3) is 0 Å². The molecule has 0 spiro atoms. The second-order valence-corrected chi connectivity index (χ2v) is 7.16. The van der Waals surface area contributed by atoms with Gasteiger partial charge in [-0.25, -0.2) is 0 Å². The van der Waals surface area contributed by atoms with Crippen LogP contribution >= 0.6 is 0 Å². The Kier molecular flexibility index (Phi) is 5.11. The van der Waals surface area contributed by atoms with Crippen LogP contribution in [-0.4, -0.2) is 46.4 Å². The van der Waals surface area contributed by atoms with Crippen LogP contribution in [-0.2, 0) is 9.59 Å². The number of non-ortho nitro benzene ring substituents is 1. The third kappa shape index (κ3) is 3.49. The van der Waals surface area contributed by atoms with E-state index in [-0.39, 0.29) is 17.5 Å². The number of fused-ring (bicyclic) bond motifs is 1. The first-order valence-electron chi connectivity index (χ1n) is 8.92. The first kappa shape index (κ1) is 18.2. The van der Waals surface area contributed by atoms with E-state index in [9.17, 15) is 24.8 Å². The number of carboxylic acids is 1. The van der Waals surface area contributed by atoms with Gasteiger partial charge >= 0.3 is 5.97 Å². The van der Waals surface area contributed by atoms with Crippen molar-refractivity contribution in [2.24, 2.45) is 11.3 Å². The summed E-state index contributed by atoms with van der Waals surface area (Å²) in [5.74, 6) is -0.678. The van der Waals surface area contributed by atoms with Gasteiger partial charge in [-0.1, -0.05) is 6.42 Å². The zero-order chi connectivity index (χ0) is 18.7. The summed E-state index contributed by atoms with van der Waals surface area (Å²) in [4.78, 5) is 36.0. The van der Waals surface area contributed by atoms with Crippen LogP contribution in [0.1, 0.15) is 32.1 Å². The minimum absolute atomic E-state index is 0.00512. The molecule has 2 atom stereocenters. The molecule has 0 unspecified atom stereocenters. The predicted octanol–water partition coefficient (Wildman–Crippen LogP) is 2.50. The Morgan fingerprint density at radius 2 is 2.08 bits per heavy atom. The third-order valence-electron chi connectivity index (χ3n) is 5.62. The van der Waals surface area contributed by atoms with Gasteiger partial charge in [-0.05, 0) is 37.3 Å². The van der Waals surface area contributed by atoms with Gasteiger partial charge in [0.1, 0.15) is 0 Å². The highest BCUT2D eigenvalue weighted by molar-refractivity contribution is 5.81. The summed E-state index contributed by atoms with van der Waals surface area (Å²) in [6.45, 7) is 1.47. The van der Waals surface area contributed by atoms with Crippen LogP contribution in [0.15, 0.2) is 24.3 Å². The quantitative estimate of drug-likeness (QED) is 0.438. The highest BCUT2D eigenvalue weighted by atomic mass is 16.6. The summed E-state index contributed by atoms with van der Waals surface area (Å²) < 4.78 is 0. The molecule has 2 fully saturated rings. The van der Waals surface area contributed by atoms with Gasteiger partial charge in [-0.3, -0.25) is 19.7 Å². The van der Waals surface area contributed by atoms with Gasteiger partial charge in [0.2, 0.25) is 5.91 Å². The molecule has 1 amide bonds. The predicted molar refractivity (Wildman–Crippen MR) is 94.8 cm³/mol. The number of nitrogens with one attached hydrogen (secondary N) is 1. The largest absolute Gasteiger partial charge is 0.481 e. The molecule has 140 valence electrons. The number of amides is 1. The van der Waals surface area contributed by atoms with Crippen molar-refractivity contribution in [3.63, 3.8) is 0 Å². The van der Waals surface area contributed by atoms with Crippen molar-refractivity contribution >= 4 is 23.3 Å². The minimum atomic E-state index is -0.768. The number of carbonyl (C=O) groups is 2. The summed E-state index contributed by atoms with van der Waals surface area (Å²) in [6.07, 6.45) is 3.47. The van der Waals surface area contributed by atoms with Crippen LogP contribution in [0, 0.1) is 21.4 Å². The third-order valence-corrected chi connectivity index (χ3v) is 5.62. The number of rotatable bonds is 7. The van der Waals surface area contributed by atoms with Gasteiger partial charge in [0.05, 0.1) is 10.3 Å². The van der Waals surface area contributed by atoms with Gasteiger partial charge in [-0.15, -0.1) is 0 Å². The van der Waals surface area contributed by atoms with Crippen molar-refractivity contribution in [3.05, 3.63) is 34.4 Å². The highest BCUT2D eigenvalue weighted by Crippen LogP contribution is 2.48. The molecular weight excluding hydrogens is 338 g/mol. The summed E-state index contributed by atoms with van der Waals surface area (Å²) in [5, 5.41) is 23.3. The van der Waals surface area contributed by atoms with Crippen molar-refractivity contribution in [2.45, 2.75) is 32.1 Å². The molecule has 2 aliphatic rings. The van der Waals surface area contributed by atoms with Crippen molar-refractivity contribution < 1.29 is 19.6 Å². The van der Waals surface area contributed by atoms with Crippen molar-refractivity contribution in [1.29, 1.82) is 0 Å². The van der Waals surface area contributed by atoms with E-state index in [0.717, 1.165) is 18.5 Å². The van der Waals surface area contributed by atoms with Crippen molar-refractivity contribution in [1.82, 2.24) is 4.90 Å². The van der Waals surface area contributed by atoms with Crippen LogP contribution in [0.2, 0.25) is 0 Å². The maximum atomic E-state index is 12.4. The molecule has 8 heteroatoms. The molecular formula is C18H23N3O5. The Bertz CT molecular complexity index is 705. The average Bonchev–Trinajstić information content (AvgIpc) is 3.17. The summed E-state index contributed by atoms with van der Waals surface area (Å²) in [7, 11) is 0. The van der Waals surface area contributed by atoms with Gasteiger partial charge in [0.15, 0.2) is 0 Å². The maximum absolute atomic E-state index is 12.4. The molecule has 3 rings (SSSR count). The zero-order valence-corrected chi connectivity index (χ0v) is 14.5. The number of anilines is 1. The molecule has 8 nitrogen and oxygen atoms in total. The highest BCUT2D eigenvalue weighted by Gasteiger charge is 2.55. The lowest BCUT2D eigenvalue weighted by Crippen LogP contribution is -2.37. The van der Waals surface area contributed by atoms with Crippen LogP contribution in [0.4, 0.5) is 11.4 Å². The average molecular weight is 361 g/mol. The monoisotopic (exact) mass is 361 g/mol. The molecule has 1 heterocycles. The molecule has 1 saturated carbocycles. The second-order valence-electron chi connectivity index (χ2n) is 7.16. The SMILES string of the molecule is O=C(CCCNc1ccc([N+](=O)[O-])cc1)N1C[C@@H]2CCC[C@@]2(C(=O)O)C1. The molecule has 0 bridgehead atoms. The number of nitro groups is 1. The Morgan fingerprint density at radius 3 is 2.69 bits per heavy atom. The molecule has 1 aromatic carbocycles. The van der Waals surface area contributed by atoms with E-state index in [2.05, 4.69) is 5.32 Å². The first-order valence-corrected chi connectivity index (χ1v) is 8.92. The van der Waals surface area contributed by atoms with E-state index in [1.165, 1.54) is 12.1 Å². The van der Waals surface area contributed by atoms with Crippen LogP contribution in [0.3, 0.4) is 0 Å². The topological polar surface area (TPSA) is 113 Å². The number of carboxylic acid groups (broad SMARTS) is 1. The van der Waals surface area contributed by atoms with E-state index < -0.39 is 16.3 Å². The zero-order valence-electron chi connectivity index (χ0n) is 14.5. The molecule has 1 saturated heterocycles. The van der Waals surface area contributed by atoms with E-state index in [4.69, 9.17) is 0 Å². The molecule has 0 radical (unpaired) electrons. The summed E-state index contributed by atoms with van der Waals surface area (Å²) >= 11 is 0. The van der Waals surface area contributed by atoms with Gasteiger partial charge in [0, 0.05) is 43.9 Å². The first-order chi connectivity index (χ1) is 12.4.